The van der Waals surface area contributed by atoms with Gasteiger partial charge in [-0.25, -0.2) is 8.78 Å². The molecule has 1 N–H and O–H groups in total. The summed E-state index contributed by atoms with van der Waals surface area (Å²) in [6.45, 7) is 16.7. The third-order valence-electron chi connectivity index (χ3n) is 10.2. The monoisotopic (exact) mass is 691 g/mol. The Morgan fingerprint density at radius 2 is 1.67 bits per heavy atom. The summed E-state index contributed by atoms with van der Waals surface area (Å²) in [6.07, 6.45) is 2.63. The van der Waals surface area contributed by atoms with E-state index in [0.717, 1.165) is 25.3 Å². The highest BCUT2D eigenvalue weighted by Crippen LogP contribution is 2.55. The molecule has 1 unspecified atom stereocenters. The molecule has 1 spiro atoms. The zero-order valence-electron chi connectivity index (χ0n) is 25.9. The van der Waals surface area contributed by atoms with Crippen LogP contribution >= 0.6 is 22.6 Å². The minimum Gasteiger partial charge on any atom is -0.351 e. The number of carbonyl (C=O) groups excluding carboxylic acids is 2. The van der Waals surface area contributed by atoms with Crippen molar-refractivity contribution in [3.8, 4) is 0 Å². The van der Waals surface area contributed by atoms with E-state index in [2.05, 4.69) is 86.5 Å². The molecular weight excluding hydrogens is 647 g/mol. The van der Waals surface area contributed by atoms with Crippen LogP contribution in [0.5, 0.6) is 0 Å². The smallest absolute Gasteiger partial charge is 0.227 e. The van der Waals surface area contributed by atoms with Gasteiger partial charge >= 0.3 is 0 Å². The Bertz CT molecular complexity index is 1390. The Labute approximate surface area is 262 Å². The number of fused-ring (bicyclic) bond motifs is 2. The van der Waals surface area contributed by atoms with Crippen molar-refractivity contribution in [3.05, 3.63) is 67.8 Å². The fourth-order valence-corrected chi connectivity index (χ4v) is 8.30. The molecule has 2 aromatic rings. The molecule has 2 amide bonds. The summed E-state index contributed by atoms with van der Waals surface area (Å²) in [5.74, 6) is -1.68. The molecule has 2 heterocycles. The van der Waals surface area contributed by atoms with Crippen molar-refractivity contribution in [3.63, 3.8) is 0 Å². The Balaban J connectivity index is 1.40. The molecule has 2 aliphatic heterocycles. The minimum atomic E-state index is -0.604. The quantitative estimate of drug-likeness (QED) is 0.366. The number of carbonyl (C=O) groups is 2. The molecule has 3 atom stereocenters. The van der Waals surface area contributed by atoms with E-state index in [0.29, 0.717) is 31.7 Å². The third kappa shape index (κ3) is 5.74. The summed E-state index contributed by atoms with van der Waals surface area (Å²) in [7, 11) is 0. The SMILES string of the molecule is CC(=O)NC(C)(C)[C@H]1CC2(CCN(C(=O)C3CN(C(C)(C)C)C[C@H]3c3ccc(F)cc3F)CC2)c2cc(I)c(C)cc21. The van der Waals surface area contributed by atoms with E-state index in [1.807, 2.05) is 4.90 Å². The molecule has 1 aliphatic carbocycles. The maximum Gasteiger partial charge on any atom is 0.227 e. The van der Waals surface area contributed by atoms with Crippen LogP contribution < -0.4 is 5.32 Å². The lowest BCUT2D eigenvalue weighted by atomic mass is 9.71. The van der Waals surface area contributed by atoms with Crippen molar-refractivity contribution in [2.24, 2.45) is 5.92 Å². The second-order valence-electron chi connectivity index (χ2n) is 14.4. The highest BCUT2D eigenvalue weighted by molar-refractivity contribution is 14.1. The van der Waals surface area contributed by atoms with Crippen molar-refractivity contribution in [2.45, 2.75) is 96.1 Å². The highest BCUT2D eigenvalue weighted by Gasteiger charge is 2.52. The molecule has 5 nitrogen and oxygen atoms in total. The Morgan fingerprint density at radius 1 is 1.00 bits per heavy atom. The van der Waals surface area contributed by atoms with Gasteiger partial charge in [-0.15, -0.1) is 0 Å². The van der Waals surface area contributed by atoms with Gasteiger partial charge in [0.05, 0.1) is 5.92 Å². The Morgan fingerprint density at radius 3 is 2.26 bits per heavy atom. The lowest BCUT2D eigenvalue weighted by Crippen LogP contribution is -2.49. The van der Waals surface area contributed by atoms with Crippen molar-refractivity contribution >= 4 is 34.4 Å². The first-order valence-corrected chi connectivity index (χ1v) is 16.2. The van der Waals surface area contributed by atoms with Gasteiger partial charge in [0, 0.05) is 65.7 Å². The van der Waals surface area contributed by atoms with Crippen molar-refractivity contribution in [1.82, 2.24) is 15.1 Å². The van der Waals surface area contributed by atoms with Gasteiger partial charge in [-0.2, -0.15) is 0 Å². The van der Waals surface area contributed by atoms with Gasteiger partial charge in [-0.1, -0.05) is 12.1 Å². The number of aryl methyl sites for hydroxylation is 1. The molecule has 42 heavy (non-hydrogen) atoms. The average Bonchev–Trinajstić information content (AvgIpc) is 3.45. The number of rotatable bonds is 4. The average molecular weight is 692 g/mol. The largest absolute Gasteiger partial charge is 0.351 e. The predicted octanol–water partition coefficient (Wildman–Crippen LogP) is 6.65. The van der Waals surface area contributed by atoms with Crippen LogP contribution in [0, 0.1) is 28.0 Å². The van der Waals surface area contributed by atoms with E-state index < -0.39 is 17.2 Å². The lowest BCUT2D eigenvalue weighted by molar-refractivity contribution is -0.137. The van der Waals surface area contributed by atoms with Gasteiger partial charge in [-0.05, 0) is 123 Å². The number of hydrogen-bond donors (Lipinski definition) is 1. The van der Waals surface area contributed by atoms with Gasteiger partial charge in [0.1, 0.15) is 11.6 Å². The van der Waals surface area contributed by atoms with Crippen LogP contribution in [0.15, 0.2) is 30.3 Å². The minimum absolute atomic E-state index is 0.0295. The maximum absolute atomic E-state index is 15.0. The van der Waals surface area contributed by atoms with Crippen LogP contribution in [-0.2, 0) is 15.0 Å². The maximum atomic E-state index is 15.0. The van der Waals surface area contributed by atoms with Crippen LogP contribution in [0.4, 0.5) is 8.78 Å². The molecule has 2 fully saturated rings. The second kappa shape index (κ2) is 11.1. The predicted molar refractivity (Wildman–Crippen MR) is 171 cm³/mol. The van der Waals surface area contributed by atoms with Crippen LogP contribution in [-0.4, -0.2) is 58.9 Å². The summed E-state index contributed by atoms with van der Waals surface area (Å²) in [4.78, 5) is 30.5. The van der Waals surface area contributed by atoms with Crippen molar-refractivity contribution in [2.75, 3.05) is 26.2 Å². The van der Waals surface area contributed by atoms with Gasteiger partial charge in [-0.3, -0.25) is 14.5 Å². The molecule has 3 aliphatic rings. The number of likely N-dealkylation sites (tertiary alicyclic amines) is 2. The number of piperidine rings is 1. The molecule has 5 rings (SSSR count). The molecule has 0 saturated carbocycles. The van der Waals surface area contributed by atoms with Crippen LogP contribution in [0.25, 0.3) is 0 Å². The molecule has 0 radical (unpaired) electrons. The third-order valence-corrected chi connectivity index (χ3v) is 11.4. The van der Waals surface area contributed by atoms with E-state index in [1.54, 1.807) is 6.92 Å². The number of nitrogens with zero attached hydrogens (tertiary/aromatic N) is 2. The van der Waals surface area contributed by atoms with Crippen LogP contribution in [0.1, 0.15) is 94.9 Å². The standard InChI is InChI=1S/C34H44F2IN3O2/c1-20-14-24-27(16-30(20)37)34(17-28(24)33(6,7)38-21(2)41)10-12-39(13-11-34)31(42)26-19-40(32(3,4)5)18-25(26)23-9-8-22(35)15-29(23)36/h8-9,14-16,25-26,28H,10-13,17-19H2,1-7H3,(H,38,41)/t25-,26?,28-/m0/s1. The molecule has 0 aromatic heterocycles. The fraction of sp³-hybridized carbons (Fsp3) is 0.588. The molecule has 228 valence electrons. The van der Waals surface area contributed by atoms with E-state index in [-0.39, 0.29) is 40.5 Å². The number of hydrogen-bond acceptors (Lipinski definition) is 3. The van der Waals surface area contributed by atoms with Gasteiger partial charge in [0.2, 0.25) is 11.8 Å². The second-order valence-corrected chi connectivity index (χ2v) is 15.6. The number of nitrogens with one attached hydrogen (secondary N) is 1. The fourth-order valence-electron chi connectivity index (χ4n) is 7.83. The summed E-state index contributed by atoms with van der Waals surface area (Å²) in [5, 5.41) is 3.20. The number of benzene rings is 2. The topological polar surface area (TPSA) is 52.7 Å². The highest BCUT2D eigenvalue weighted by atomic mass is 127. The van der Waals surface area contributed by atoms with Crippen molar-refractivity contribution in [1.29, 1.82) is 0 Å². The van der Waals surface area contributed by atoms with E-state index in [4.69, 9.17) is 0 Å². The molecule has 2 aromatic carbocycles. The summed E-state index contributed by atoms with van der Waals surface area (Å²) in [6, 6.07) is 8.38. The van der Waals surface area contributed by atoms with Crippen molar-refractivity contribution < 1.29 is 18.4 Å². The molecule has 8 heteroatoms. The number of halogens is 3. The lowest BCUT2D eigenvalue weighted by Gasteiger charge is -2.42. The van der Waals surface area contributed by atoms with Gasteiger partial charge in [0.25, 0.3) is 0 Å². The van der Waals surface area contributed by atoms with Gasteiger partial charge < -0.3 is 10.2 Å². The summed E-state index contributed by atoms with van der Waals surface area (Å²) < 4.78 is 30.0. The number of amides is 2. The van der Waals surface area contributed by atoms with Crippen LogP contribution in [0.2, 0.25) is 0 Å². The normalized spacial score (nSPS) is 24.2. The van der Waals surface area contributed by atoms with Gasteiger partial charge in [0.15, 0.2) is 0 Å². The molecular formula is C34H44F2IN3O2. The molecule has 2 saturated heterocycles. The van der Waals surface area contributed by atoms with E-state index in [1.165, 1.54) is 32.4 Å². The Kier molecular flexibility index (Phi) is 8.31. The first kappa shape index (κ1) is 31.4. The zero-order chi connectivity index (χ0) is 30.8. The van der Waals surface area contributed by atoms with Crippen LogP contribution in [0.3, 0.4) is 0 Å². The molecule has 0 bridgehead atoms. The van der Waals surface area contributed by atoms with E-state index in [9.17, 15) is 14.0 Å². The first-order chi connectivity index (χ1) is 19.5. The first-order valence-electron chi connectivity index (χ1n) is 15.1. The summed E-state index contributed by atoms with van der Waals surface area (Å²) in [5.41, 5.74) is 3.71. The summed E-state index contributed by atoms with van der Waals surface area (Å²) >= 11 is 2.41. The van der Waals surface area contributed by atoms with E-state index >= 15 is 4.39 Å². The Hall–Kier alpha value is -2.07. The zero-order valence-corrected chi connectivity index (χ0v) is 28.1.